The average molecular weight is 361 g/mol. The van der Waals surface area contributed by atoms with E-state index in [0.29, 0.717) is 0 Å². The molecule has 0 aliphatic rings. The van der Waals surface area contributed by atoms with Gasteiger partial charge in [-0.05, 0) is 26.7 Å². The van der Waals surface area contributed by atoms with E-state index < -0.39 is 34.5 Å². The lowest BCUT2D eigenvalue weighted by atomic mass is 10.2. The van der Waals surface area contributed by atoms with Crippen molar-refractivity contribution in [3.63, 3.8) is 0 Å². The summed E-state index contributed by atoms with van der Waals surface area (Å²) in [5.41, 5.74) is 0.184. The number of nitrogens with one attached hydrogen (secondary N) is 1. The molecule has 1 aromatic heterocycles. The Morgan fingerprint density at radius 3 is 2.29 bits per heavy atom. The summed E-state index contributed by atoms with van der Waals surface area (Å²) in [5, 5.41) is 12.5. The van der Waals surface area contributed by atoms with Gasteiger partial charge in [0, 0.05) is 6.54 Å². The van der Waals surface area contributed by atoms with Crippen LogP contribution in [0.15, 0.2) is 9.42 Å². The number of aromatic nitrogens is 1. The second-order valence-corrected chi connectivity index (χ2v) is 7.65. The molecule has 1 unspecified atom stereocenters. The zero-order valence-corrected chi connectivity index (χ0v) is 15.2. The normalized spacial score (nSPS) is 13.1. The van der Waals surface area contributed by atoms with Crippen LogP contribution in [0.25, 0.3) is 0 Å². The van der Waals surface area contributed by atoms with Crippen molar-refractivity contribution in [3.8, 4) is 0 Å². The Hall–Kier alpha value is -1.94. The molecule has 1 aromatic rings. The average Bonchev–Trinajstić information content (AvgIpc) is 2.75. The van der Waals surface area contributed by atoms with E-state index >= 15 is 0 Å². The maximum absolute atomic E-state index is 12.4. The first-order chi connectivity index (χ1) is 11.0. The summed E-state index contributed by atoms with van der Waals surface area (Å²) < 4.78 is 31.9. The molecule has 1 heterocycles. The number of carboxylic acid groups (broad SMARTS) is 1. The molecular formula is C14H23N3O6S. The number of rotatable bonds is 8. The summed E-state index contributed by atoms with van der Waals surface area (Å²) in [6.07, 6.45) is 0. The van der Waals surface area contributed by atoms with E-state index in [0.717, 1.165) is 4.90 Å². The molecule has 2 N–H and O–H groups in total. The van der Waals surface area contributed by atoms with E-state index in [1.54, 1.807) is 0 Å². The lowest BCUT2D eigenvalue weighted by molar-refractivity contribution is -0.145. The van der Waals surface area contributed by atoms with E-state index in [4.69, 9.17) is 9.63 Å². The number of aryl methyl sites for hydroxylation is 2. The third-order valence-electron chi connectivity index (χ3n) is 3.16. The molecule has 0 aliphatic heterocycles. The first-order valence-electron chi connectivity index (χ1n) is 7.41. The monoisotopic (exact) mass is 361 g/mol. The highest BCUT2D eigenvalue weighted by molar-refractivity contribution is 7.89. The van der Waals surface area contributed by atoms with Crippen LogP contribution in [0.5, 0.6) is 0 Å². The molecule has 9 nitrogen and oxygen atoms in total. The Morgan fingerprint density at radius 2 is 1.88 bits per heavy atom. The summed E-state index contributed by atoms with van der Waals surface area (Å²) in [5.74, 6) is -1.62. The zero-order chi connectivity index (χ0) is 18.7. The summed E-state index contributed by atoms with van der Waals surface area (Å²) in [7, 11) is -4.01. The summed E-state index contributed by atoms with van der Waals surface area (Å²) in [6.45, 7) is 7.69. The maximum Gasteiger partial charge on any atom is 0.323 e. The molecule has 1 rings (SSSR count). The van der Waals surface area contributed by atoms with E-state index in [9.17, 15) is 18.0 Å². The molecule has 0 aromatic carbocycles. The van der Waals surface area contributed by atoms with Gasteiger partial charge in [-0.1, -0.05) is 19.0 Å². The topological polar surface area (TPSA) is 130 Å². The number of carbonyl (C=O) groups is 2. The highest BCUT2D eigenvalue weighted by Gasteiger charge is 2.30. The van der Waals surface area contributed by atoms with Crippen LogP contribution in [-0.2, 0) is 19.6 Å². The number of aliphatic carboxylic acids is 1. The molecule has 0 aliphatic carbocycles. The minimum Gasteiger partial charge on any atom is -0.480 e. The van der Waals surface area contributed by atoms with Crippen molar-refractivity contribution >= 4 is 21.9 Å². The van der Waals surface area contributed by atoms with Gasteiger partial charge in [-0.2, -0.15) is 4.72 Å². The van der Waals surface area contributed by atoms with Crippen molar-refractivity contribution in [2.24, 2.45) is 5.92 Å². The van der Waals surface area contributed by atoms with Gasteiger partial charge in [-0.25, -0.2) is 8.42 Å². The molecule has 0 saturated heterocycles. The SMILES string of the molecule is Cc1noc(C)c1S(=O)(=O)NC(C)C(=O)N(CC(=O)O)CC(C)C. The molecule has 1 amide bonds. The molecule has 0 fully saturated rings. The number of hydrogen-bond acceptors (Lipinski definition) is 6. The van der Waals surface area contributed by atoms with Crippen molar-refractivity contribution in [3.05, 3.63) is 11.5 Å². The van der Waals surface area contributed by atoms with Crippen LogP contribution in [0, 0.1) is 19.8 Å². The summed E-state index contributed by atoms with van der Waals surface area (Å²) in [6, 6.07) is -1.12. The molecular weight excluding hydrogens is 338 g/mol. The van der Waals surface area contributed by atoms with E-state index in [2.05, 4.69) is 9.88 Å². The Morgan fingerprint density at radius 1 is 1.29 bits per heavy atom. The van der Waals surface area contributed by atoms with Gasteiger partial charge in [0.05, 0.1) is 6.04 Å². The maximum atomic E-state index is 12.4. The van der Waals surface area contributed by atoms with Crippen LogP contribution in [-0.4, -0.2) is 54.6 Å². The highest BCUT2D eigenvalue weighted by Crippen LogP contribution is 2.19. The van der Waals surface area contributed by atoms with Crippen molar-refractivity contribution in [1.29, 1.82) is 0 Å². The first-order valence-corrected chi connectivity index (χ1v) is 8.89. The van der Waals surface area contributed by atoms with Gasteiger partial charge in [0.2, 0.25) is 15.9 Å². The third kappa shape index (κ3) is 5.03. The minimum atomic E-state index is -4.01. The van der Waals surface area contributed by atoms with Gasteiger partial charge in [0.1, 0.15) is 17.1 Å². The number of nitrogens with zero attached hydrogens (tertiary/aromatic N) is 2. The van der Waals surface area contributed by atoms with Gasteiger partial charge in [0.15, 0.2) is 5.76 Å². The largest absolute Gasteiger partial charge is 0.480 e. The lowest BCUT2D eigenvalue weighted by Crippen LogP contribution is -2.49. The van der Waals surface area contributed by atoms with Crippen molar-refractivity contribution in [2.45, 2.75) is 45.6 Å². The van der Waals surface area contributed by atoms with E-state index in [1.807, 2.05) is 13.8 Å². The van der Waals surface area contributed by atoms with Crippen molar-refractivity contribution in [1.82, 2.24) is 14.8 Å². The summed E-state index contributed by atoms with van der Waals surface area (Å²) in [4.78, 5) is 24.4. The minimum absolute atomic E-state index is 0.0414. The highest BCUT2D eigenvalue weighted by atomic mass is 32.2. The van der Waals surface area contributed by atoms with Crippen LogP contribution in [0.3, 0.4) is 0 Å². The fourth-order valence-electron chi connectivity index (χ4n) is 2.31. The van der Waals surface area contributed by atoms with Gasteiger partial charge in [0.25, 0.3) is 0 Å². The van der Waals surface area contributed by atoms with Gasteiger partial charge in [-0.15, -0.1) is 0 Å². The quantitative estimate of drug-likeness (QED) is 0.690. The van der Waals surface area contributed by atoms with Gasteiger partial charge < -0.3 is 14.5 Å². The molecule has 0 spiro atoms. The van der Waals surface area contributed by atoms with Gasteiger partial charge >= 0.3 is 5.97 Å². The van der Waals surface area contributed by atoms with E-state index in [-0.39, 0.29) is 28.8 Å². The standard InChI is InChI=1S/C14H23N3O6S/c1-8(2)6-17(7-12(18)19)14(20)10(4)16-24(21,22)13-9(3)15-23-11(13)5/h8,10,16H,6-7H2,1-5H3,(H,18,19). The predicted molar refractivity (Wildman–Crippen MR) is 84.8 cm³/mol. The lowest BCUT2D eigenvalue weighted by Gasteiger charge is -2.26. The number of carboxylic acids is 1. The molecule has 0 saturated carbocycles. The van der Waals surface area contributed by atoms with Crippen LogP contribution in [0.4, 0.5) is 0 Å². The first kappa shape index (κ1) is 20.1. The Bertz CT molecular complexity index is 691. The Kier molecular flexibility index (Phi) is 6.50. The van der Waals surface area contributed by atoms with Crippen LogP contribution in [0.1, 0.15) is 32.2 Å². The number of carbonyl (C=O) groups excluding carboxylic acids is 1. The summed E-state index contributed by atoms with van der Waals surface area (Å²) >= 11 is 0. The Labute approximate surface area is 141 Å². The number of amides is 1. The molecule has 10 heteroatoms. The van der Waals surface area contributed by atoms with Crippen LogP contribution in [0.2, 0.25) is 0 Å². The number of sulfonamides is 1. The third-order valence-corrected chi connectivity index (χ3v) is 4.95. The van der Waals surface area contributed by atoms with Crippen molar-refractivity contribution < 1.29 is 27.6 Å². The molecule has 24 heavy (non-hydrogen) atoms. The number of hydrogen-bond donors (Lipinski definition) is 2. The molecule has 0 bridgehead atoms. The molecule has 136 valence electrons. The second kappa shape index (κ2) is 7.75. The fourth-order valence-corrected chi connectivity index (χ4v) is 3.84. The fraction of sp³-hybridized carbons (Fsp3) is 0.643. The second-order valence-electron chi connectivity index (χ2n) is 6.00. The predicted octanol–water partition coefficient (Wildman–Crippen LogP) is 0.527. The zero-order valence-electron chi connectivity index (χ0n) is 14.4. The van der Waals surface area contributed by atoms with Crippen LogP contribution < -0.4 is 4.72 Å². The van der Waals surface area contributed by atoms with Crippen LogP contribution >= 0.6 is 0 Å². The smallest absolute Gasteiger partial charge is 0.323 e. The van der Waals surface area contributed by atoms with E-state index in [1.165, 1.54) is 20.8 Å². The molecule has 0 radical (unpaired) electrons. The Balaban J connectivity index is 2.97. The van der Waals surface area contributed by atoms with Gasteiger partial charge in [-0.3, -0.25) is 9.59 Å². The van der Waals surface area contributed by atoms with Crippen molar-refractivity contribution in [2.75, 3.05) is 13.1 Å². The molecule has 1 atom stereocenters.